The zero-order valence-electron chi connectivity index (χ0n) is 5.69. The van der Waals surface area contributed by atoms with E-state index >= 15 is 0 Å². The van der Waals surface area contributed by atoms with Crippen LogP contribution in [0.15, 0.2) is 18.3 Å². The number of aliphatic hydroxyl groups is 1. The molecular weight excluding hydrogens is 146 g/mol. The largest absolute Gasteiger partial charge is 0.477 e. The van der Waals surface area contributed by atoms with Crippen molar-refractivity contribution >= 4 is 5.97 Å². The molecule has 11 heavy (non-hydrogen) atoms. The smallest absolute Gasteiger partial charge is 0.354 e. The second kappa shape index (κ2) is 3.12. The van der Waals surface area contributed by atoms with Crippen LogP contribution in [-0.2, 0) is 6.61 Å². The first kappa shape index (κ1) is 7.68. The van der Waals surface area contributed by atoms with Crippen molar-refractivity contribution in [2.75, 3.05) is 0 Å². The number of aromatic carboxylic acids is 1. The Balaban J connectivity index is 3.01. The summed E-state index contributed by atoms with van der Waals surface area (Å²) in [4.78, 5) is 13.9. The first-order valence-electron chi connectivity index (χ1n) is 3.03. The van der Waals surface area contributed by atoms with Crippen molar-refractivity contribution in [3.63, 3.8) is 0 Å². The molecule has 0 bridgehead atoms. The zero-order valence-corrected chi connectivity index (χ0v) is 5.69. The maximum atomic E-state index is 10.3. The van der Waals surface area contributed by atoms with Crippen molar-refractivity contribution < 1.29 is 15.0 Å². The van der Waals surface area contributed by atoms with Crippen LogP contribution < -0.4 is 0 Å². The van der Waals surface area contributed by atoms with E-state index in [-0.39, 0.29) is 12.3 Å². The third-order valence-electron chi connectivity index (χ3n) is 1.23. The number of carboxylic acids is 1. The summed E-state index contributed by atoms with van der Waals surface area (Å²) < 4.78 is 0. The molecule has 1 aromatic rings. The molecule has 58 valence electrons. The van der Waals surface area contributed by atoms with Crippen LogP contribution in [0.5, 0.6) is 0 Å². The second-order valence-corrected chi connectivity index (χ2v) is 2.01. The minimum atomic E-state index is -1.08. The first-order chi connectivity index (χ1) is 5.24. The van der Waals surface area contributed by atoms with Gasteiger partial charge in [-0.05, 0) is 17.7 Å². The monoisotopic (exact) mass is 153 g/mol. The molecule has 0 saturated carbocycles. The average molecular weight is 153 g/mol. The molecule has 1 rings (SSSR count). The highest BCUT2D eigenvalue weighted by Crippen LogP contribution is 2.00. The molecule has 0 saturated heterocycles. The molecular formula is C7H7NO3. The van der Waals surface area contributed by atoms with E-state index in [0.717, 1.165) is 0 Å². The van der Waals surface area contributed by atoms with Gasteiger partial charge in [0.25, 0.3) is 0 Å². The van der Waals surface area contributed by atoms with E-state index in [9.17, 15) is 4.79 Å². The molecule has 0 amide bonds. The molecule has 0 aliphatic rings. The molecule has 0 atom stereocenters. The third-order valence-corrected chi connectivity index (χ3v) is 1.23. The van der Waals surface area contributed by atoms with Gasteiger partial charge in [0.05, 0.1) is 6.61 Å². The highest BCUT2D eigenvalue weighted by atomic mass is 16.4. The van der Waals surface area contributed by atoms with Crippen LogP contribution >= 0.6 is 0 Å². The summed E-state index contributed by atoms with van der Waals surface area (Å²) in [5.74, 6) is -1.08. The zero-order chi connectivity index (χ0) is 8.27. The molecule has 2 N–H and O–H groups in total. The minimum Gasteiger partial charge on any atom is -0.477 e. The number of rotatable bonds is 2. The Morgan fingerprint density at radius 3 is 2.91 bits per heavy atom. The number of carbonyl (C=O) groups is 1. The Kier molecular flexibility index (Phi) is 2.18. The Morgan fingerprint density at radius 2 is 2.36 bits per heavy atom. The lowest BCUT2D eigenvalue weighted by atomic mass is 10.2. The summed E-state index contributed by atoms with van der Waals surface area (Å²) in [6.07, 6.45) is 1.36. The van der Waals surface area contributed by atoms with E-state index in [1.807, 2.05) is 0 Å². The van der Waals surface area contributed by atoms with Gasteiger partial charge in [-0.25, -0.2) is 9.78 Å². The van der Waals surface area contributed by atoms with Gasteiger partial charge in [0.15, 0.2) is 0 Å². The lowest BCUT2D eigenvalue weighted by molar-refractivity contribution is 0.0690. The fourth-order valence-corrected chi connectivity index (χ4v) is 0.690. The van der Waals surface area contributed by atoms with Crippen LogP contribution in [-0.4, -0.2) is 21.2 Å². The molecule has 0 fully saturated rings. The van der Waals surface area contributed by atoms with Gasteiger partial charge in [-0.1, -0.05) is 0 Å². The van der Waals surface area contributed by atoms with Crippen molar-refractivity contribution in [2.24, 2.45) is 0 Å². The average Bonchev–Trinajstić information content (AvgIpc) is 2.05. The number of pyridine rings is 1. The van der Waals surface area contributed by atoms with Gasteiger partial charge < -0.3 is 10.2 Å². The molecule has 0 aliphatic heterocycles. The summed E-state index contributed by atoms with van der Waals surface area (Å²) >= 11 is 0. The van der Waals surface area contributed by atoms with Gasteiger partial charge in [0, 0.05) is 6.20 Å². The summed E-state index contributed by atoms with van der Waals surface area (Å²) in [6, 6.07) is 2.90. The number of aromatic nitrogens is 1. The van der Waals surface area contributed by atoms with Crippen molar-refractivity contribution in [1.82, 2.24) is 4.98 Å². The van der Waals surface area contributed by atoms with Crippen LogP contribution in [0.4, 0.5) is 0 Å². The number of nitrogens with zero attached hydrogens (tertiary/aromatic N) is 1. The van der Waals surface area contributed by atoms with Crippen molar-refractivity contribution in [3.8, 4) is 0 Å². The van der Waals surface area contributed by atoms with Gasteiger partial charge in [0.2, 0.25) is 0 Å². The van der Waals surface area contributed by atoms with E-state index in [1.54, 1.807) is 6.07 Å². The Morgan fingerprint density at radius 1 is 1.64 bits per heavy atom. The second-order valence-electron chi connectivity index (χ2n) is 2.01. The van der Waals surface area contributed by atoms with Crippen LogP contribution in [0, 0.1) is 0 Å². The molecule has 0 aliphatic carbocycles. The highest BCUT2D eigenvalue weighted by Gasteiger charge is 2.03. The van der Waals surface area contributed by atoms with E-state index in [0.29, 0.717) is 5.56 Å². The maximum Gasteiger partial charge on any atom is 0.354 e. The quantitative estimate of drug-likeness (QED) is 0.639. The van der Waals surface area contributed by atoms with Crippen molar-refractivity contribution in [3.05, 3.63) is 29.6 Å². The predicted molar refractivity (Wildman–Crippen MR) is 37.1 cm³/mol. The summed E-state index contributed by atoms with van der Waals surface area (Å²) in [5, 5.41) is 17.1. The van der Waals surface area contributed by atoms with Crippen LogP contribution in [0.2, 0.25) is 0 Å². The normalized spacial score (nSPS) is 9.55. The fourth-order valence-electron chi connectivity index (χ4n) is 0.690. The van der Waals surface area contributed by atoms with Gasteiger partial charge in [-0.3, -0.25) is 0 Å². The standard InChI is InChI=1S/C7H7NO3/c9-4-5-1-2-8-6(3-5)7(10)11/h1-3,9H,4H2,(H,10,11). The van der Waals surface area contributed by atoms with Gasteiger partial charge in [-0.15, -0.1) is 0 Å². The van der Waals surface area contributed by atoms with E-state index < -0.39 is 5.97 Å². The Hall–Kier alpha value is -1.42. The van der Waals surface area contributed by atoms with Crippen LogP contribution in [0.25, 0.3) is 0 Å². The Bertz CT molecular complexity index is 272. The topological polar surface area (TPSA) is 70.4 Å². The molecule has 1 aromatic heterocycles. The van der Waals surface area contributed by atoms with Gasteiger partial charge >= 0.3 is 5.97 Å². The Labute approximate surface area is 63.1 Å². The molecule has 0 spiro atoms. The lowest BCUT2D eigenvalue weighted by Gasteiger charge is -1.95. The van der Waals surface area contributed by atoms with E-state index in [1.165, 1.54) is 12.3 Å². The summed E-state index contributed by atoms with van der Waals surface area (Å²) in [5.41, 5.74) is 0.508. The maximum absolute atomic E-state index is 10.3. The SMILES string of the molecule is O=C(O)c1cc(CO)ccn1. The van der Waals surface area contributed by atoms with Gasteiger partial charge in [0.1, 0.15) is 5.69 Å². The molecule has 0 unspecified atom stereocenters. The minimum absolute atomic E-state index is 0.0449. The number of carboxylic acid groups (broad SMARTS) is 1. The first-order valence-corrected chi connectivity index (χ1v) is 3.03. The number of aliphatic hydroxyl groups excluding tert-OH is 1. The van der Waals surface area contributed by atoms with Gasteiger partial charge in [-0.2, -0.15) is 0 Å². The van der Waals surface area contributed by atoms with Crippen LogP contribution in [0.1, 0.15) is 16.1 Å². The van der Waals surface area contributed by atoms with E-state index in [4.69, 9.17) is 10.2 Å². The third kappa shape index (κ3) is 1.75. The molecule has 4 nitrogen and oxygen atoms in total. The number of hydrogen-bond donors (Lipinski definition) is 2. The fraction of sp³-hybridized carbons (Fsp3) is 0.143. The predicted octanol–water partition coefficient (Wildman–Crippen LogP) is 0.272. The molecule has 0 radical (unpaired) electrons. The highest BCUT2D eigenvalue weighted by molar-refractivity contribution is 5.85. The number of hydrogen-bond acceptors (Lipinski definition) is 3. The molecule has 4 heteroatoms. The molecule has 1 heterocycles. The van der Waals surface area contributed by atoms with Crippen molar-refractivity contribution in [1.29, 1.82) is 0 Å². The lowest BCUT2D eigenvalue weighted by Crippen LogP contribution is -2.00. The van der Waals surface area contributed by atoms with E-state index in [2.05, 4.69) is 4.98 Å². The molecule has 0 aromatic carbocycles. The van der Waals surface area contributed by atoms with Crippen LogP contribution in [0.3, 0.4) is 0 Å². The van der Waals surface area contributed by atoms with Crippen molar-refractivity contribution in [2.45, 2.75) is 6.61 Å². The summed E-state index contributed by atoms with van der Waals surface area (Å²) in [7, 11) is 0. The summed E-state index contributed by atoms with van der Waals surface area (Å²) in [6.45, 7) is -0.164.